The van der Waals surface area contributed by atoms with E-state index in [9.17, 15) is 4.79 Å². The van der Waals surface area contributed by atoms with Crippen LogP contribution in [-0.4, -0.2) is 28.6 Å². The first-order valence-electron chi connectivity index (χ1n) is 6.77. The number of nitrogens with zero attached hydrogens (tertiary/aromatic N) is 1. The van der Waals surface area contributed by atoms with Crippen LogP contribution in [0.25, 0.3) is 10.4 Å². The van der Waals surface area contributed by atoms with Crippen molar-refractivity contribution in [3.8, 4) is 10.4 Å². The van der Waals surface area contributed by atoms with E-state index < -0.39 is 5.97 Å². The molecule has 1 heterocycles. The van der Waals surface area contributed by atoms with Gasteiger partial charge in [0, 0.05) is 32.9 Å². The van der Waals surface area contributed by atoms with Crippen LogP contribution in [0.2, 0.25) is 5.02 Å². The molecular formula is C16H18ClNO2S. The topological polar surface area (TPSA) is 40.5 Å². The molecule has 112 valence electrons. The second-order valence-corrected chi connectivity index (χ2v) is 6.71. The van der Waals surface area contributed by atoms with Gasteiger partial charge < -0.3 is 5.11 Å². The van der Waals surface area contributed by atoms with Gasteiger partial charge in [-0.3, -0.25) is 9.69 Å². The van der Waals surface area contributed by atoms with Crippen molar-refractivity contribution in [1.29, 1.82) is 0 Å². The van der Waals surface area contributed by atoms with E-state index >= 15 is 0 Å². The smallest absolute Gasteiger partial charge is 0.317 e. The number of benzene rings is 1. The van der Waals surface area contributed by atoms with Crippen LogP contribution in [0.15, 0.2) is 36.4 Å². The first-order valence-corrected chi connectivity index (χ1v) is 7.96. The van der Waals surface area contributed by atoms with Crippen molar-refractivity contribution in [3.05, 3.63) is 46.3 Å². The lowest BCUT2D eigenvalue weighted by Gasteiger charge is -2.23. The predicted molar refractivity (Wildman–Crippen MR) is 87.9 cm³/mol. The van der Waals surface area contributed by atoms with Gasteiger partial charge in [-0.15, -0.1) is 11.3 Å². The van der Waals surface area contributed by atoms with Gasteiger partial charge in [-0.05, 0) is 32.0 Å². The van der Waals surface area contributed by atoms with Crippen LogP contribution >= 0.6 is 22.9 Å². The molecular weight excluding hydrogens is 306 g/mol. The highest BCUT2D eigenvalue weighted by Gasteiger charge is 2.15. The summed E-state index contributed by atoms with van der Waals surface area (Å²) in [5, 5.41) is 9.71. The third-order valence-electron chi connectivity index (χ3n) is 3.23. The molecule has 1 aromatic heterocycles. The van der Waals surface area contributed by atoms with Crippen LogP contribution in [0.4, 0.5) is 0 Å². The van der Waals surface area contributed by atoms with E-state index in [-0.39, 0.29) is 12.6 Å². The molecule has 2 aromatic rings. The predicted octanol–water partition coefficient (Wildman–Crippen LogP) is 4.36. The normalized spacial score (nSPS) is 11.3. The third-order valence-corrected chi connectivity index (χ3v) is 4.66. The monoisotopic (exact) mass is 323 g/mol. The zero-order valence-electron chi connectivity index (χ0n) is 12.0. The minimum Gasteiger partial charge on any atom is -0.480 e. The van der Waals surface area contributed by atoms with Crippen molar-refractivity contribution < 1.29 is 9.90 Å². The van der Waals surface area contributed by atoms with Crippen molar-refractivity contribution in [2.24, 2.45) is 0 Å². The summed E-state index contributed by atoms with van der Waals surface area (Å²) in [7, 11) is 0. The molecule has 3 nitrogen and oxygen atoms in total. The van der Waals surface area contributed by atoms with E-state index in [1.165, 1.54) is 0 Å². The molecule has 2 rings (SSSR count). The Morgan fingerprint density at radius 2 is 2.00 bits per heavy atom. The van der Waals surface area contributed by atoms with Gasteiger partial charge in [0.05, 0.1) is 6.54 Å². The highest BCUT2D eigenvalue weighted by atomic mass is 35.5. The minimum absolute atomic E-state index is 0.0526. The summed E-state index contributed by atoms with van der Waals surface area (Å²) in [6.45, 7) is 4.70. The maximum Gasteiger partial charge on any atom is 0.317 e. The van der Waals surface area contributed by atoms with E-state index in [4.69, 9.17) is 16.7 Å². The van der Waals surface area contributed by atoms with Crippen LogP contribution in [0.3, 0.4) is 0 Å². The molecule has 0 unspecified atom stereocenters. The van der Waals surface area contributed by atoms with Gasteiger partial charge in [0.25, 0.3) is 0 Å². The summed E-state index contributed by atoms with van der Waals surface area (Å²) in [5.41, 5.74) is 1.02. The number of aliphatic carboxylic acids is 1. The molecule has 0 aliphatic rings. The standard InChI is InChI=1S/C16H18ClNO2S/c1-11(2)18(10-16(19)20)9-12-7-8-15(21-12)13-5-3-4-6-14(13)17/h3-8,11H,9-10H2,1-2H3,(H,19,20). The average molecular weight is 324 g/mol. The third kappa shape index (κ3) is 4.30. The average Bonchev–Trinajstić information content (AvgIpc) is 2.86. The Hall–Kier alpha value is -1.36. The molecule has 21 heavy (non-hydrogen) atoms. The summed E-state index contributed by atoms with van der Waals surface area (Å²) in [5.74, 6) is -0.799. The van der Waals surface area contributed by atoms with Gasteiger partial charge >= 0.3 is 5.97 Å². The molecule has 0 aliphatic carbocycles. The molecule has 5 heteroatoms. The van der Waals surface area contributed by atoms with Gasteiger partial charge in [0.1, 0.15) is 0 Å². The highest BCUT2D eigenvalue weighted by molar-refractivity contribution is 7.15. The molecule has 1 aromatic carbocycles. The zero-order chi connectivity index (χ0) is 15.4. The summed E-state index contributed by atoms with van der Waals surface area (Å²) in [6.07, 6.45) is 0. The number of carboxylic acid groups (broad SMARTS) is 1. The van der Waals surface area contributed by atoms with Crippen LogP contribution in [0.1, 0.15) is 18.7 Å². The van der Waals surface area contributed by atoms with Crippen molar-refractivity contribution in [2.45, 2.75) is 26.4 Å². The minimum atomic E-state index is -0.799. The van der Waals surface area contributed by atoms with Gasteiger partial charge in [0.2, 0.25) is 0 Å². The van der Waals surface area contributed by atoms with Gasteiger partial charge in [0.15, 0.2) is 0 Å². The molecule has 0 amide bonds. The van der Waals surface area contributed by atoms with E-state index in [2.05, 4.69) is 0 Å². The van der Waals surface area contributed by atoms with Crippen molar-refractivity contribution >= 4 is 28.9 Å². The fourth-order valence-electron chi connectivity index (χ4n) is 2.06. The largest absolute Gasteiger partial charge is 0.480 e. The second kappa shape index (κ2) is 7.07. The molecule has 0 aliphatic heterocycles. The molecule has 0 saturated carbocycles. The Morgan fingerprint density at radius 1 is 1.29 bits per heavy atom. The number of thiophene rings is 1. The van der Waals surface area contributed by atoms with Crippen LogP contribution < -0.4 is 0 Å². The first kappa shape index (κ1) is 16.0. The fourth-order valence-corrected chi connectivity index (χ4v) is 3.43. The summed E-state index contributed by atoms with van der Waals surface area (Å²) in [4.78, 5) is 15.1. The Morgan fingerprint density at radius 3 is 2.62 bits per heavy atom. The molecule has 0 fully saturated rings. The van der Waals surface area contributed by atoms with E-state index in [1.807, 2.05) is 55.1 Å². The number of hydrogen-bond acceptors (Lipinski definition) is 3. The van der Waals surface area contributed by atoms with Crippen LogP contribution in [0.5, 0.6) is 0 Å². The molecule has 0 atom stereocenters. The lowest BCUT2D eigenvalue weighted by Crippen LogP contribution is -2.34. The molecule has 0 bridgehead atoms. The summed E-state index contributed by atoms with van der Waals surface area (Å²) in [6, 6.07) is 12.0. The fraction of sp³-hybridized carbons (Fsp3) is 0.312. The molecule has 0 saturated heterocycles. The summed E-state index contributed by atoms with van der Waals surface area (Å²) < 4.78 is 0. The van der Waals surface area contributed by atoms with Crippen molar-refractivity contribution in [1.82, 2.24) is 4.90 Å². The first-order chi connectivity index (χ1) is 9.97. The number of carboxylic acids is 1. The van der Waals surface area contributed by atoms with Crippen molar-refractivity contribution in [2.75, 3.05) is 6.54 Å². The Bertz CT molecular complexity index is 624. The number of hydrogen-bond donors (Lipinski definition) is 1. The Balaban J connectivity index is 2.16. The number of rotatable bonds is 6. The van der Waals surface area contributed by atoms with Crippen molar-refractivity contribution in [3.63, 3.8) is 0 Å². The van der Waals surface area contributed by atoms with Gasteiger partial charge in [-0.1, -0.05) is 29.8 Å². The quantitative estimate of drug-likeness (QED) is 0.858. The van der Waals surface area contributed by atoms with Crippen LogP contribution in [-0.2, 0) is 11.3 Å². The highest BCUT2D eigenvalue weighted by Crippen LogP contribution is 2.33. The van der Waals surface area contributed by atoms with Crippen LogP contribution in [0, 0.1) is 0 Å². The second-order valence-electron chi connectivity index (χ2n) is 5.14. The maximum absolute atomic E-state index is 10.9. The van der Waals surface area contributed by atoms with Gasteiger partial charge in [-0.2, -0.15) is 0 Å². The maximum atomic E-state index is 10.9. The molecule has 0 radical (unpaired) electrons. The number of carbonyl (C=O) groups is 1. The zero-order valence-corrected chi connectivity index (χ0v) is 13.6. The Kier molecular flexibility index (Phi) is 5.39. The lowest BCUT2D eigenvalue weighted by molar-refractivity contribution is -0.138. The molecule has 1 N–H and O–H groups in total. The lowest BCUT2D eigenvalue weighted by atomic mass is 10.2. The van der Waals surface area contributed by atoms with E-state index in [0.29, 0.717) is 6.54 Å². The number of halogens is 1. The van der Waals surface area contributed by atoms with E-state index in [1.54, 1.807) is 11.3 Å². The van der Waals surface area contributed by atoms with Gasteiger partial charge in [-0.25, -0.2) is 0 Å². The van der Waals surface area contributed by atoms with E-state index in [0.717, 1.165) is 20.3 Å². The Labute approximate surface area is 133 Å². The SMILES string of the molecule is CC(C)N(CC(=O)O)Cc1ccc(-c2ccccc2Cl)s1. The summed E-state index contributed by atoms with van der Waals surface area (Å²) >= 11 is 7.87. The molecule has 0 spiro atoms.